The van der Waals surface area contributed by atoms with Crippen LogP contribution >= 0.6 is 0 Å². The first kappa shape index (κ1) is 24.3. The number of benzene rings is 3. The average Bonchev–Trinajstić information content (AvgIpc) is 2.90. The lowest BCUT2D eigenvalue weighted by molar-refractivity contribution is -0.143. The van der Waals surface area contributed by atoms with Crippen LogP contribution in [0.2, 0.25) is 0 Å². The normalized spacial score (nSPS) is 10.8. The van der Waals surface area contributed by atoms with Crippen molar-refractivity contribution in [3.05, 3.63) is 102 Å². The van der Waals surface area contributed by atoms with Crippen LogP contribution in [0.4, 0.5) is 0 Å². The average molecular weight is 470 g/mol. The lowest BCUT2D eigenvalue weighted by Gasteiger charge is -2.15. The number of unbranched alkanes of at least 4 members (excludes halogenated alkanes) is 1. The number of carbonyl (C=O) groups is 1. The van der Waals surface area contributed by atoms with E-state index in [1.807, 2.05) is 79.7 Å². The third-order valence-corrected chi connectivity index (χ3v) is 5.68. The smallest absolute Gasteiger partial charge is 0.305 e. The van der Waals surface area contributed by atoms with Crippen molar-refractivity contribution in [3.63, 3.8) is 0 Å². The molecule has 3 aromatic carbocycles. The molecule has 0 fully saturated rings. The molecule has 1 aromatic heterocycles. The lowest BCUT2D eigenvalue weighted by atomic mass is 10.1. The van der Waals surface area contributed by atoms with Crippen molar-refractivity contribution in [2.45, 2.75) is 45.8 Å². The number of aryl methyl sites for hydroxylation is 1. The van der Waals surface area contributed by atoms with Gasteiger partial charge in [0.15, 0.2) is 11.5 Å². The standard InChI is InChI=1S/C30H31NO4/c1-2-33-30(32)15-9-6-10-23-16-19-28(34-21-24-11-4-3-5-12-24)29(20-23)35-22-26-18-17-25-13-7-8-14-27(25)31-26/h3-5,7-8,11-14,16-20H,2,6,9-10,15,21-22H2,1H3. The predicted molar refractivity (Wildman–Crippen MR) is 137 cm³/mol. The summed E-state index contributed by atoms with van der Waals surface area (Å²) in [5.74, 6) is 1.26. The van der Waals surface area contributed by atoms with Crippen molar-refractivity contribution in [2.75, 3.05) is 6.61 Å². The Morgan fingerprint density at radius 1 is 0.771 bits per heavy atom. The largest absolute Gasteiger partial charge is 0.485 e. The fourth-order valence-electron chi connectivity index (χ4n) is 3.85. The summed E-state index contributed by atoms with van der Waals surface area (Å²) in [6.07, 6.45) is 2.99. The minimum Gasteiger partial charge on any atom is -0.485 e. The van der Waals surface area contributed by atoms with Gasteiger partial charge in [-0.25, -0.2) is 4.98 Å². The van der Waals surface area contributed by atoms with E-state index in [2.05, 4.69) is 12.1 Å². The Morgan fingerprint density at radius 3 is 2.43 bits per heavy atom. The van der Waals surface area contributed by atoms with Crippen molar-refractivity contribution < 1.29 is 19.0 Å². The molecule has 180 valence electrons. The Labute approximate surface area is 206 Å². The molecule has 0 amide bonds. The number of esters is 1. The molecule has 5 heteroatoms. The predicted octanol–water partition coefficient (Wildman–Crippen LogP) is 6.67. The first-order chi connectivity index (χ1) is 17.2. The molecule has 4 rings (SSSR count). The number of hydrogen-bond donors (Lipinski definition) is 0. The number of pyridine rings is 1. The Balaban J connectivity index is 1.44. The maximum atomic E-state index is 11.6. The summed E-state index contributed by atoms with van der Waals surface area (Å²) in [6.45, 7) is 3.06. The molecule has 0 radical (unpaired) electrons. The Kier molecular flexibility index (Phi) is 8.71. The van der Waals surface area contributed by atoms with Crippen LogP contribution in [-0.2, 0) is 29.2 Å². The van der Waals surface area contributed by atoms with Gasteiger partial charge in [-0.05, 0) is 61.6 Å². The molecule has 4 aromatic rings. The van der Waals surface area contributed by atoms with Gasteiger partial charge in [-0.2, -0.15) is 0 Å². The summed E-state index contributed by atoms with van der Waals surface area (Å²) >= 11 is 0. The minimum atomic E-state index is -0.135. The van der Waals surface area contributed by atoms with Crippen LogP contribution in [0.15, 0.2) is 84.9 Å². The number of hydrogen-bond acceptors (Lipinski definition) is 5. The van der Waals surface area contributed by atoms with Crippen LogP contribution in [-0.4, -0.2) is 17.6 Å². The zero-order valence-corrected chi connectivity index (χ0v) is 20.1. The molecule has 0 saturated heterocycles. The van der Waals surface area contributed by atoms with Gasteiger partial charge >= 0.3 is 5.97 Å². The Bertz CT molecular complexity index is 1240. The van der Waals surface area contributed by atoms with Crippen LogP contribution in [0.3, 0.4) is 0 Å². The molecule has 0 aliphatic heterocycles. The van der Waals surface area contributed by atoms with Crippen molar-refractivity contribution in [1.82, 2.24) is 4.98 Å². The number of rotatable bonds is 12. The Hall–Kier alpha value is -3.86. The van der Waals surface area contributed by atoms with E-state index in [9.17, 15) is 4.79 Å². The lowest BCUT2D eigenvalue weighted by Crippen LogP contribution is -2.04. The molecular weight excluding hydrogens is 438 g/mol. The number of aromatic nitrogens is 1. The van der Waals surface area contributed by atoms with Gasteiger partial charge in [0.25, 0.3) is 0 Å². The summed E-state index contributed by atoms with van der Waals surface area (Å²) in [6, 6.07) is 28.2. The van der Waals surface area contributed by atoms with Crippen molar-refractivity contribution in [3.8, 4) is 11.5 Å². The van der Waals surface area contributed by atoms with Gasteiger partial charge in [0.05, 0.1) is 17.8 Å². The monoisotopic (exact) mass is 469 g/mol. The highest BCUT2D eigenvalue weighted by molar-refractivity contribution is 5.78. The molecule has 0 aliphatic rings. The third kappa shape index (κ3) is 7.31. The Morgan fingerprint density at radius 2 is 1.57 bits per heavy atom. The number of fused-ring (bicyclic) bond motifs is 1. The fraction of sp³-hybridized carbons (Fsp3) is 0.267. The molecule has 0 N–H and O–H groups in total. The topological polar surface area (TPSA) is 57.7 Å². The van der Waals surface area contributed by atoms with Crippen molar-refractivity contribution >= 4 is 16.9 Å². The second-order valence-corrected chi connectivity index (χ2v) is 8.35. The number of ether oxygens (including phenoxy) is 3. The van der Waals surface area contributed by atoms with Gasteiger partial charge < -0.3 is 14.2 Å². The second kappa shape index (κ2) is 12.6. The molecule has 0 aliphatic carbocycles. The molecule has 0 spiro atoms. The van der Waals surface area contributed by atoms with Crippen LogP contribution < -0.4 is 9.47 Å². The molecular formula is C30H31NO4. The van der Waals surface area contributed by atoms with E-state index in [-0.39, 0.29) is 5.97 Å². The van der Waals surface area contributed by atoms with Gasteiger partial charge in [0, 0.05) is 11.8 Å². The number of para-hydroxylation sites is 1. The van der Waals surface area contributed by atoms with Gasteiger partial charge in [0.1, 0.15) is 13.2 Å². The van der Waals surface area contributed by atoms with E-state index in [1.165, 1.54) is 0 Å². The fourth-order valence-corrected chi connectivity index (χ4v) is 3.85. The zero-order valence-electron chi connectivity index (χ0n) is 20.1. The van der Waals surface area contributed by atoms with Crippen LogP contribution in [0.25, 0.3) is 10.9 Å². The summed E-state index contributed by atoms with van der Waals surface area (Å²) in [5, 5.41) is 1.10. The summed E-state index contributed by atoms with van der Waals surface area (Å²) in [5.41, 5.74) is 4.04. The van der Waals surface area contributed by atoms with Crippen LogP contribution in [0, 0.1) is 0 Å². The highest BCUT2D eigenvalue weighted by Gasteiger charge is 2.10. The van der Waals surface area contributed by atoms with Gasteiger partial charge in [0.2, 0.25) is 0 Å². The van der Waals surface area contributed by atoms with E-state index in [4.69, 9.17) is 19.2 Å². The molecule has 0 bridgehead atoms. The number of carbonyl (C=O) groups excluding carboxylic acids is 1. The maximum Gasteiger partial charge on any atom is 0.305 e. The molecule has 1 heterocycles. The second-order valence-electron chi connectivity index (χ2n) is 8.35. The third-order valence-electron chi connectivity index (χ3n) is 5.68. The highest BCUT2D eigenvalue weighted by Crippen LogP contribution is 2.31. The molecule has 0 saturated carbocycles. The first-order valence-corrected chi connectivity index (χ1v) is 12.1. The van der Waals surface area contributed by atoms with E-state index in [1.54, 1.807) is 0 Å². The molecule has 0 atom stereocenters. The molecule has 5 nitrogen and oxygen atoms in total. The van der Waals surface area contributed by atoms with E-state index >= 15 is 0 Å². The van der Waals surface area contributed by atoms with Gasteiger partial charge in [-0.1, -0.05) is 60.7 Å². The zero-order chi connectivity index (χ0) is 24.3. The molecule has 35 heavy (non-hydrogen) atoms. The highest BCUT2D eigenvalue weighted by atomic mass is 16.5. The van der Waals surface area contributed by atoms with E-state index in [0.29, 0.717) is 37.7 Å². The van der Waals surface area contributed by atoms with Crippen molar-refractivity contribution in [2.24, 2.45) is 0 Å². The minimum absolute atomic E-state index is 0.135. The SMILES string of the molecule is CCOC(=O)CCCCc1ccc(OCc2ccccc2)c(OCc2ccc3ccccc3n2)c1. The molecule has 0 unspecified atom stereocenters. The first-order valence-electron chi connectivity index (χ1n) is 12.1. The summed E-state index contributed by atoms with van der Waals surface area (Å²) in [7, 11) is 0. The van der Waals surface area contributed by atoms with Gasteiger partial charge in [-0.15, -0.1) is 0 Å². The van der Waals surface area contributed by atoms with E-state index < -0.39 is 0 Å². The van der Waals surface area contributed by atoms with E-state index in [0.717, 1.165) is 47.0 Å². The van der Waals surface area contributed by atoms with Crippen molar-refractivity contribution in [1.29, 1.82) is 0 Å². The number of nitrogens with zero attached hydrogens (tertiary/aromatic N) is 1. The van der Waals surface area contributed by atoms with Crippen LogP contribution in [0.5, 0.6) is 11.5 Å². The summed E-state index contributed by atoms with van der Waals surface area (Å²) in [4.78, 5) is 16.3. The van der Waals surface area contributed by atoms with Gasteiger partial charge in [-0.3, -0.25) is 4.79 Å². The quantitative estimate of drug-likeness (QED) is 0.171. The van der Waals surface area contributed by atoms with Crippen LogP contribution in [0.1, 0.15) is 43.0 Å². The maximum absolute atomic E-state index is 11.6. The summed E-state index contributed by atoms with van der Waals surface area (Å²) < 4.78 is 17.3.